The van der Waals surface area contributed by atoms with Crippen LogP contribution in [0.1, 0.15) is 79.1 Å². The minimum absolute atomic E-state index is 0.000348. The minimum atomic E-state index is -0.178. The highest BCUT2D eigenvalue weighted by atomic mass is 16.5. The summed E-state index contributed by atoms with van der Waals surface area (Å²) < 4.78 is 5.14. The van der Waals surface area contributed by atoms with Crippen LogP contribution in [-0.4, -0.2) is 62.9 Å². The number of likely N-dealkylation sites (tertiary alicyclic amines) is 2. The summed E-state index contributed by atoms with van der Waals surface area (Å²) in [6.45, 7) is 8.11. The Bertz CT molecular complexity index is 1040. The van der Waals surface area contributed by atoms with Crippen molar-refractivity contribution >= 4 is 11.8 Å². The SMILES string of the molecule is Cc1cc(C(=O)N2CCC[C@H](c3cc(=O)[nH]c(C4CCN(C(=O)C(C)C)CC4)n3)C2)on1. The fourth-order valence-corrected chi connectivity index (χ4v) is 4.66. The van der Waals surface area contributed by atoms with Crippen LogP contribution in [0.25, 0.3) is 0 Å². The van der Waals surface area contributed by atoms with Crippen LogP contribution in [0, 0.1) is 12.8 Å². The second-order valence-corrected chi connectivity index (χ2v) is 9.23. The van der Waals surface area contributed by atoms with Crippen molar-refractivity contribution in [2.24, 2.45) is 5.92 Å². The van der Waals surface area contributed by atoms with Gasteiger partial charge in [-0.3, -0.25) is 14.4 Å². The Morgan fingerprint density at radius 1 is 1.09 bits per heavy atom. The van der Waals surface area contributed by atoms with Crippen molar-refractivity contribution in [2.45, 2.75) is 58.3 Å². The Morgan fingerprint density at radius 3 is 2.50 bits per heavy atom. The van der Waals surface area contributed by atoms with Gasteiger partial charge in [0, 0.05) is 56.1 Å². The van der Waals surface area contributed by atoms with E-state index in [1.54, 1.807) is 24.0 Å². The number of H-pyrrole nitrogens is 1. The summed E-state index contributed by atoms with van der Waals surface area (Å²) in [6.07, 6.45) is 3.27. The average Bonchev–Trinajstić information content (AvgIpc) is 3.24. The Kier molecular flexibility index (Phi) is 6.43. The molecule has 4 rings (SSSR count). The lowest BCUT2D eigenvalue weighted by atomic mass is 9.92. The fourth-order valence-electron chi connectivity index (χ4n) is 4.66. The standard InChI is InChI=1S/C23H31N5O4/c1-14(2)22(30)27-9-6-16(7-10-27)21-24-18(12-20(29)25-21)17-5-4-8-28(13-17)23(31)19-11-15(3)26-32-19/h11-12,14,16-17H,4-10,13H2,1-3H3,(H,24,25,29)/t17-/m0/s1. The van der Waals surface area contributed by atoms with Crippen molar-refractivity contribution in [1.82, 2.24) is 24.9 Å². The van der Waals surface area contributed by atoms with Gasteiger partial charge in [0.25, 0.3) is 11.5 Å². The molecule has 2 aromatic rings. The molecule has 1 atom stereocenters. The lowest BCUT2D eigenvalue weighted by Crippen LogP contribution is -2.41. The first-order valence-electron chi connectivity index (χ1n) is 11.4. The monoisotopic (exact) mass is 441 g/mol. The van der Waals surface area contributed by atoms with Crippen molar-refractivity contribution in [2.75, 3.05) is 26.2 Å². The van der Waals surface area contributed by atoms with Crippen LogP contribution >= 0.6 is 0 Å². The van der Waals surface area contributed by atoms with E-state index < -0.39 is 0 Å². The Morgan fingerprint density at radius 2 is 1.84 bits per heavy atom. The molecule has 9 heteroatoms. The smallest absolute Gasteiger partial charge is 0.292 e. The van der Waals surface area contributed by atoms with Crippen LogP contribution in [0.2, 0.25) is 0 Å². The van der Waals surface area contributed by atoms with Gasteiger partial charge in [0.15, 0.2) is 0 Å². The third-order valence-electron chi connectivity index (χ3n) is 6.43. The first kappa shape index (κ1) is 22.2. The molecular weight excluding hydrogens is 410 g/mol. The number of rotatable bonds is 4. The van der Waals surface area contributed by atoms with E-state index in [1.165, 1.54) is 0 Å². The number of piperidine rings is 2. The van der Waals surface area contributed by atoms with Gasteiger partial charge in [-0.15, -0.1) is 0 Å². The molecule has 1 N–H and O–H groups in total. The van der Waals surface area contributed by atoms with E-state index in [0.29, 0.717) is 37.7 Å². The van der Waals surface area contributed by atoms with E-state index in [1.807, 2.05) is 18.7 Å². The topological polar surface area (TPSA) is 112 Å². The van der Waals surface area contributed by atoms with Crippen molar-refractivity contribution in [1.29, 1.82) is 0 Å². The molecule has 2 saturated heterocycles. The average molecular weight is 442 g/mol. The molecule has 2 amide bonds. The lowest BCUT2D eigenvalue weighted by molar-refractivity contribution is -0.135. The Labute approximate surface area is 187 Å². The molecule has 0 aliphatic carbocycles. The zero-order chi connectivity index (χ0) is 22.8. The molecule has 0 aromatic carbocycles. The number of hydrogen-bond acceptors (Lipinski definition) is 6. The summed E-state index contributed by atoms with van der Waals surface area (Å²) in [5.74, 6) is 1.04. The molecule has 2 fully saturated rings. The maximum Gasteiger partial charge on any atom is 0.292 e. The Hall–Kier alpha value is -2.97. The predicted octanol–water partition coefficient (Wildman–Crippen LogP) is 2.45. The van der Waals surface area contributed by atoms with Crippen molar-refractivity contribution in [3.63, 3.8) is 0 Å². The van der Waals surface area contributed by atoms with Gasteiger partial charge in [-0.05, 0) is 32.6 Å². The van der Waals surface area contributed by atoms with Crippen LogP contribution in [-0.2, 0) is 4.79 Å². The number of amides is 2. The van der Waals surface area contributed by atoms with Crippen molar-refractivity contribution < 1.29 is 14.1 Å². The number of nitrogens with zero attached hydrogens (tertiary/aromatic N) is 4. The zero-order valence-corrected chi connectivity index (χ0v) is 19.0. The third kappa shape index (κ3) is 4.76. The van der Waals surface area contributed by atoms with E-state index in [2.05, 4.69) is 10.1 Å². The van der Waals surface area contributed by atoms with E-state index in [4.69, 9.17) is 9.51 Å². The van der Waals surface area contributed by atoms with Gasteiger partial charge in [-0.2, -0.15) is 0 Å². The molecule has 0 unspecified atom stereocenters. The van der Waals surface area contributed by atoms with Crippen LogP contribution in [0.15, 0.2) is 21.5 Å². The number of nitrogens with one attached hydrogen (secondary N) is 1. The highest BCUT2D eigenvalue weighted by Gasteiger charge is 2.30. The molecule has 2 aliphatic heterocycles. The normalized spacial score (nSPS) is 20.1. The Balaban J connectivity index is 1.46. The quantitative estimate of drug-likeness (QED) is 0.780. The maximum atomic E-state index is 12.8. The van der Waals surface area contributed by atoms with Crippen LogP contribution in [0.3, 0.4) is 0 Å². The molecule has 0 saturated carbocycles. The first-order chi connectivity index (χ1) is 15.3. The van der Waals surface area contributed by atoms with Crippen LogP contribution < -0.4 is 5.56 Å². The van der Waals surface area contributed by atoms with Crippen LogP contribution in [0.4, 0.5) is 0 Å². The van der Waals surface area contributed by atoms with Crippen LogP contribution in [0.5, 0.6) is 0 Å². The number of aryl methyl sites for hydroxylation is 1. The zero-order valence-electron chi connectivity index (χ0n) is 19.0. The number of carbonyl (C=O) groups is 2. The first-order valence-corrected chi connectivity index (χ1v) is 11.4. The van der Waals surface area contributed by atoms with E-state index in [0.717, 1.165) is 31.4 Å². The molecule has 4 heterocycles. The molecule has 2 aliphatic rings. The highest BCUT2D eigenvalue weighted by molar-refractivity contribution is 5.91. The van der Waals surface area contributed by atoms with Crippen molar-refractivity contribution in [3.05, 3.63) is 45.5 Å². The van der Waals surface area contributed by atoms with E-state index in [9.17, 15) is 14.4 Å². The summed E-state index contributed by atoms with van der Waals surface area (Å²) >= 11 is 0. The van der Waals surface area contributed by atoms with E-state index >= 15 is 0 Å². The lowest BCUT2D eigenvalue weighted by Gasteiger charge is -2.34. The molecule has 0 spiro atoms. The van der Waals surface area contributed by atoms with Crippen molar-refractivity contribution in [3.8, 4) is 0 Å². The fraction of sp³-hybridized carbons (Fsp3) is 0.609. The molecule has 172 valence electrons. The summed E-state index contributed by atoms with van der Waals surface area (Å²) in [6, 6.07) is 3.20. The summed E-state index contributed by atoms with van der Waals surface area (Å²) in [5.41, 5.74) is 1.24. The van der Waals surface area contributed by atoms with Gasteiger partial charge in [0.05, 0.1) is 11.4 Å². The second kappa shape index (κ2) is 9.26. The molecule has 0 bridgehead atoms. The summed E-state index contributed by atoms with van der Waals surface area (Å²) in [5, 5.41) is 3.81. The van der Waals surface area contributed by atoms with E-state index in [-0.39, 0.29) is 40.9 Å². The molecular formula is C23H31N5O4. The van der Waals surface area contributed by atoms with Gasteiger partial charge < -0.3 is 19.3 Å². The van der Waals surface area contributed by atoms with Gasteiger partial charge in [-0.1, -0.05) is 19.0 Å². The second-order valence-electron chi connectivity index (χ2n) is 9.23. The van der Waals surface area contributed by atoms with Gasteiger partial charge in [0.1, 0.15) is 5.82 Å². The van der Waals surface area contributed by atoms with Gasteiger partial charge in [-0.25, -0.2) is 4.98 Å². The van der Waals surface area contributed by atoms with Gasteiger partial charge in [0.2, 0.25) is 11.7 Å². The molecule has 9 nitrogen and oxygen atoms in total. The maximum absolute atomic E-state index is 12.8. The molecule has 32 heavy (non-hydrogen) atoms. The number of hydrogen-bond donors (Lipinski definition) is 1. The summed E-state index contributed by atoms with van der Waals surface area (Å²) in [4.78, 5) is 48.9. The highest BCUT2D eigenvalue weighted by Crippen LogP contribution is 2.29. The predicted molar refractivity (Wildman–Crippen MR) is 117 cm³/mol. The number of aromatic nitrogens is 3. The number of carbonyl (C=O) groups excluding carboxylic acids is 2. The largest absolute Gasteiger partial charge is 0.351 e. The van der Waals surface area contributed by atoms with Gasteiger partial charge >= 0.3 is 0 Å². The summed E-state index contributed by atoms with van der Waals surface area (Å²) in [7, 11) is 0. The molecule has 2 aromatic heterocycles. The molecule has 0 radical (unpaired) electrons. The third-order valence-corrected chi connectivity index (χ3v) is 6.43. The minimum Gasteiger partial charge on any atom is -0.351 e. The number of aromatic amines is 1.